The Bertz CT molecular complexity index is 306. The molecule has 0 heterocycles. The maximum atomic E-state index is 12.6. The first-order valence-corrected chi connectivity index (χ1v) is 11.0. The molecule has 0 aromatic carbocycles. The average Bonchev–Trinajstić information content (AvgIpc) is 2.60. The van der Waals surface area contributed by atoms with Crippen LogP contribution < -0.4 is 0 Å². The number of halogens is 2. The molecule has 0 atom stereocenters. The Morgan fingerprint density at radius 3 is 1.33 bits per heavy atom. The van der Waals surface area contributed by atoms with Crippen LogP contribution in [0.2, 0.25) is 0 Å². The van der Waals surface area contributed by atoms with Crippen molar-refractivity contribution in [2.24, 2.45) is 0 Å². The first-order chi connectivity index (χ1) is 11.5. The minimum atomic E-state index is -2.65. The molecule has 0 saturated heterocycles. The highest BCUT2D eigenvalue weighted by molar-refractivity contribution is 7.33. The summed E-state index contributed by atoms with van der Waals surface area (Å²) in [5, 5.41) is 0. The molecule has 0 aromatic heterocycles. The lowest BCUT2D eigenvalue weighted by molar-refractivity contribution is -0.0230. The van der Waals surface area contributed by atoms with E-state index in [0.717, 1.165) is 25.7 Å². The van der Waals surface area contributed by atoms with Crippen LogP contribution in [-0.4, -0.2) is 36.5 Å². The fraction of sp³-hybridized carbons (Fsp3) is 1.00. The normalized spacial score (nSPS) is 13.0. The Kier molecular flexibility index (Phi) is 14.2. The average molecular weight is 407 g/mol. The minimum absolute atomic E-state index is 0.143. The van der Waals surface area contributed by atoms with Gasteiger partial charge >= 0.3 is 8.25 Å². The quantitative estimate of drug-likeness (QED) is 0.186. The zero-order valence-corrected chi connectivity index (χ0v) is 17.9. The topological polar surface area (TPSA) is 54.0 Å². The second kappa shape index (κ2) is 13.8. The molecule has 0 saturated carbocycles. The maximum absolute atomic E-state index is 12.6. The van der Waals surface area contributed by atoms with E-state index in [1.54, 1.807) is 0 Å². The smallest absolute Gasteiger partial charge is 0.320 e. The SMILES string of the molecule is CCC(CC)(CCOCCl)O[PH](=O)OC(CC)(CC)CCOCCl. The molecule has 0 radical (unpaired) electrons. The van der Waals surface area contributed by atoms with E-state index < -0.39 is 19.5 Å². The monoisotopic (exact) mass is 406 g/mol. The molecule has 0 amide bonds. The summed E-state index contributed by atoms with van der Waals surface area (Å²) >= 11 is 11.1. The van der Waals surface area contributed by atoms with E-state index in [-0.39, 0.29) is 12.1 Å². The molecule has 0 fully saturated rings. The van der Waals surface area contributed by atoms with Gasteiger partial charge in [-0.1, -0.05) is 50.9 Å². The molecule has 146 valence electrons. The van der Waals surface area contributed by atoms with E-state index in [1.807, 2.05) is 27.7 Å². The first-order valence-electron chi connectivity index (χ1n) is 8.66. The molecule has 0 N–H and O–H groups in total. The van der Waals surface area contributed by atoms with Gasteiger partial charge in [0.2, 0.25) is 0 Å². The summed E-state index contributed by atoms with van der Waals surface area (Å²) in [7, 11) is -2.65. The lowest BCUT2D eigenvalue weighted by Crippen LogP contribution is -2.34. The molecule has 0 unspecified atom stereocenters. The number of alkyl halides is 2. The van der Waals surface area contributed by atoms with E-state index >= 15 is 0 Å². The maximum Gasteiger partial charge on any atom is 0.320 e. The molecule has 0 aliphatic heterocycles. The molecule has 0 aromatic rings. The molecule has 8 heteroatoms. The van der Waals surface area contributed by atoms with Crippen LogP contribution in [0.4, 0.5) is 0 Å². The van der Waals surface area contributed by atoms with Gasteiger partial charge in [0.25, 0.3) is 0 Å². The molecule has 0 rings (SSSR count). The van der Waals surface area contributed by atoms with Crippen LogP contribution in [0, 0.1) is 0 Å². The van der Waals surface area contributed by atoms with Crippen molar-refractivity contribution in [3.63, 3.8) is 0 Å². The van der Waals surface area contributed by atoms with Crippen molar-refractivity contribution in [3.8, 4) is 0 Å². The predicted molar refractivity (Wildman–Crippen MR) is 100 cm³/mol. The van der Waals surface area contributed by atoms with E-state index in [0.29, 0.717) is 26.1 Å². The second-order valence-electron chi connectivity index (χ2n) is 5.77. The molecular formula is C16H33Cl2O5P. The molecule has 0 spiro atoms. The third-order valence-electron chi connectivity index (χ3n) is 4.74. The third-order valence-corrected chi connectivity index (χ3v) is 6.24. The van der Waals surface area contributed by atoms with Crippen LogP contribution in [-0.2, 0) is 23.1 Å². The summed E-state index contributed by atoms with van der Waals surface area (Å²) in [5.41, 5.74) is -1.02. The molecule has 0 bridgehead atoms. The van der Waals surface area contributed by atoms with Gasteiger partial charge < -0.3 is 18.5 Å². The fourth-order valence-corrected chi connectivity index (χ4v) is 4.35. The van der Waals surface area contributed by atoms with E-state index in [2.05, 4.69) is 0 Å². The zero-order valence-electron chi connectivity index (χ0n) is 15.4. The third kappa shape index (κ3) is 8.84. The molecule has 0 aliphatic carbocycles. The Morgan fingerprint density at radius 2 is 1.08 bits per heavy atom. The summed E-state index contributed by atoms with van der Waals surface area (Å²) in [4.78, 5) is 0. The number of hydrogen-bond acceptors (Lipinski definition) is 5. The Morgan fingerprint density at radius 1 is 0.750 bits per heavy atom. The summed E-state index contributed by atoms with van der Waals surface area (Å²) in [6.07, 6.45) is 4.19. The lowest BCUT2D eigenvalue weighted by atomic mass is 9.94. The number of rotatable bonds is 16. The number of hydrogen-bond donors (Lipinski definition) is 0. The highest BCUT2D eigenvalue weighted by Gasteiger charge is 2.34. The Balaban J connectivity index is 4.82. The standard InChI is InChI=1S/C16H33Cl2O5P/c1-5-15(6-2,9-11-20-13-17)22-24(19)23-16(7-3,8-4)10-12-21-14-18/h24H,5-14H2,1-4H3. The van der Waals surface area contributed by atoms with Gasteiger partial charge in [-0.3, -0.25) is 4.57 Å². The lowest BCUT2D eigenvalue weighted by Gasteiger charge is -2.35. The Labute approximate surface area is 157 Å². The van der Waals surface area contributed by atoms with Crippen LogP contribution in [0.1, 0.15) is 66.2 Å². The van der Waals surface area contributed by atoms with E-state index in [4.69, 9.17) is 41.7 Å². The minimum Gasteiger partial charge on any atom is -0.366 e. The van der Waals surface area contributed by atoms with Gasteiger partial charge in [-0.25, -0.2) is 0 Å². The molecular weight excluding hydrogens is 374 g/mol. The first kappa shape index (κ1) is 24.7. The molecule has 0 aliphatic rings. The van der Waals surface area contributed by atoms with Crippen molar-refractivity contribution in [1.29, 1.82) is 0 Å². The highest BCUT2D eigenvalue weighted by atomic mass is 35.5. The van der Waals surface area contributed by atoms with Crippen molar-refractivity contribution in [2.45, 2.75) is 77.4 Å². The van der Waals surface area contributed by atoms with Crippen molar-refractivity contribution in [1.82, 2.24) is 0 Å². The summed E-state index contributed by atoms with van der Waals surface area (Å²) in [6.45, 7) is 9.00. The van der Waals surface area contributed by atoms with Gasteiger partial charge in [0.15, 0.2) is 0 Å². The van der Waals surface area contributed by atoms with Crippen LogP contribution in [0.25, 0.3) is 0 Å². The van der Waals surface area contributed by atoms with Gasteiger partial charge in [0.05, 0.1) is 24.4 Å². The van der Waals surface area contributed by atoms with Gasteiger partial charge in [-0.05, 0) is 25.7 Å². The van der Waals surface area contributed by atoms with Crippen molar-refractivity contribution < 1.29 is 23.1 Å². The predicted octanol–water partition coefficient (Wildman–Crippen LogP) is 5.73. The van der Waals surface area contributed by atoms with Crippen LogP contribution >= 0.6 is 31.5 Å². The number of ether oxygens (including phenoxy) is 2. The van der Waals surface area contributed by atoms with Gasteiger partial charge in [-0.15, -0.1) is 0 Å². The van der Waals surface area contributed by atoms with Crippen LogP contribution in [0.15, 0.2) is 0 Å². The van der Waals surface area contributed by atoms with E-state index in [9.17, 15) is 4.57 Å². The van der Waals surface area contributed by atoms with Gasteiger partial charge in [0, 0.05) is 12.8 Å². The van der Waals surface area contributed by atoms with Crippen molar-refractivity contribution in [2.75, 3.05) is 25.3 Å². The second-order valence-corrected chi connectivity index (χ2v) is 7.11. The fourth-order valence-electron chi connectivity index (χ4n) is 2.60. The molecule has 5 nitrogen and oxygen atoms in total. The summed E-state index contributed by atoms with van der Waals surface area (Å²) in [5.74, 6) is 0. The van der Waals surface area contributed by atoms with Crippen molar-refractivity contribution >= 4 is 31.5 Å². The van der Waals surface area contributed by atoms with Gasteiger partial charge in [-0.2, -0.15) is 0 Å². The van der Waals surface area contributed by atoms with Crippen molar-refractivity contribution in [3.05, 3.63) is 0 Å². The zero-order chi connectivity index (χ0) is 18.5. The van der Waals surface area contributed by atoms with Crippen LogP contribution in [0.3, 0.4) is 0 Å². The Hall–Kier alpha value is 0.650. The van der Waals surface area contributed by atoms with Gasteiger partial charge in [0.1, 0.15) is 12.1 Å². The highest BCUT2D eigenvalue weighted by Crippen LogP contribution is 2.43. The summed E-state index contributed by atoms with van der Waals surface area (Å²) in [6, 6.07) is 0.287. The van der Waals surface area contributed by atoms with Crippen LogP contribution in [0.5, 0.6) is 0 Å². The summed E-state index contributed by atoms with van der Waals surface area (Å²) < 4.78 is 34.8. The van der Waals surface area contributed by atoms with E-state index in [1.165, 1.54) is 0 Å². The molecule has 24 heavy (non-hydrogen) atoms. The largest absolute Gasteiger partial charge is 0.366 e.